The molecule has 0 fully saturated rings. The van der Waals surface area contributed by atoms with Crippen LogP contribution < -0.4 is 15.0 Å². The number of rotatable bonds is 7. The topological polar surface area (TPSA) is 63.2 Å². The van der Waals surface area contributed by atoms with Crippen LogP contribution in [0.25, 0.3) is 0 Å². The van der Waals surface area contributed by atoms with Crippen molar-refractivity contribution in [2.45, 2.75) is 40.2 Å². The first-order valence-corrected chi connectivity index (χ1v) is 6.44. The number of nitrogens with one attached hydrogen (secondary N) is 1. The predicted molar refractivity (Wildman–Crippen MR) is 73.3 cm³/mol. The molecular weight excluding hydrogens is 230 g/mol. The molecule has 18 heavy (non-hydrogen) atoms. The van der Waals surface area contributed by atoms with Crippen molar-refractivity contribution in [3.05, 3.63) is 0 Å². The van der Waals surface area contributed by atoms with Gasteiger partial charge in [0.25, 0.3) is 0 Å². The molecule has 1 N–H and O–H groups in total. The molecule has 1 heterocycles. The zero-order valence-corrected chi connectivity index (χ0v) is 11.9. The fraction of sp³-hybridized carbons (Fsp3) is 0.750. The van der Waals surface area contributed by atoms with Crippen molar-refractivity contribution in [2.75, 3.05) is 30.4 Å². The third kappa shape index (κ3) is 4.01. The van der Waals surface area contributed by atoms with Gasteiger partial charge in [-0.05, 0) is 27.2 Å². The van der Waals surface area contributed by atoms with Crippen LogP contribution in [0.3, 0.4) is 0 Å². The predicted octanol–water partition coefficient (Wildman–Crippen LogP) is 1.94. The summed E-state index contributed by atoms with van der Waals surface area (Å²) in [7, 11) is 1.96. The molecule has 0 aliphatic carbocycles. The SMILES string of the molecule is CCCNc1nc(OCC)nc(N(C)C(C)C)n1. The second kappa shape index (κ2) is 6.98. The van der Waals surface area contributed by atoms with Crippen molar-refractivity contribution < 1.29 is 4.74 Å². The van der Waals surface area contributed by atoms with Gasteiger partial charge in [-0.3, -0.25) is 0 Å². The molecule has 6 heteroatoms. The molecule has 0 atom stereocenters. The Morgan fingerprint density at radius 2 is 1.94 bits per heavy atom. The average Bonchev–Trinajstić information content (AvgIpc) is 2.35. The highest BCUT2D eigenvalue weighted by atomic mass is 16.5. The Morgan fingerprint density at radius 1 is 1.22 bits per heavy atom. The third-order valence-corrected chi connectivity index (χ3v) is 2.50. The molecule has 6 nitrogen and oxygen atoms in total. The maximum absolute atomic E-state index is 5.37. The van der Waals surface area contributed by atoms with E-state index in [9.17, 15) is 0 Å². The van der Waals surface area contributed by atoms with E-state index in [2.05, 4.69) is 41.0 Å². The first kappa shape index (κ1) is 14.5. The summed E-state index contributed by atoms with van der Waals surface area (Å²) in [5, 5.41) is 3.16. The van der Waals surface area contributed by atoms with Crippen LogP contribution in [0.2, 0.25) is 0 Å². The maximum Gasteiger partial charge on any atom is 0.323 e. The van der Waals surface area contributed by atoms with Gasteiger partial charge in [-0.1, -0.05) is 6.92 Å². The quantitative estimate of drug-likeness (QED) is 0.801. The molecule has 0 saturated heterocycles. The lowest BCUT2D eigenvalue weighted by molar-refractivity contribution is 0.312. The Labute approximate surface area is 109 Å². The Bertz CT molecular complexity index is 369. The number of hydrogen-bond donors (Lipinski definition) is 1. The van der Waals surface area contributed by atoms with E-state index in [0.717, 1.165) is 13.0 Å². The Hall–Kier alpha value is -1.59. The number of hydrogen-bond acceptors (Lipinski definition) is 6. The van der Waals surface area contributed by atoms with Gasteiger partial charge in [0, 0.05) is 19.6 Å². The van der Waals surface area contributed by atoms with E-state index in [1.807, 2.05) is 18.9 Å². The highest BCUT2D eigenvalue weighted by Crippen LogP contribution is 2.15. The van der Waals surface area contributed by atoms with Crippen LogP contribution in [-0.2, 0) is 0 Å². The van der Waals surface area contributed by atoms with Gasteiger partial charge in [-0.2, -0.15) is 15.0 Å². The lowest BCUT2D eigenvalue weighted by Crippen LogP contribution is -2.28. The molecule has 0 radical (unpaired) electrons. The lowest BCUT2D eigenvalue weighted by atomic mass is 10.4. The van der Waals surface area contributed by atoms with Gasteiger partial charge in [-0.15, -0.1) is 0 Å². The van der Waals surface area contributed by atoms with E-state index in [0.29, 0.717) is 30.6 Å². The summed E-state index contributed by atoms with van der Waals surface area (Å²) in [6.45, 7) is 9.56. The molecular formula is C12H23N5O. The largest absolute Gasteiger partial charge is 0.464 e. The summed E-state index contributed by atoms with van der Waals surface area (Å²) in [4.78, 5) is 14.9. The van der Waals surface area contributed by atoms with Crippen LogP contribution in [-0.4, -0.2) is 41.2 Å². The average molecular weight is 253 g/mol. The Kier molecular flexibility index (Phi) is 5.61. The molecule has 0 aromatic carbocycles. The molecule has 0 aliphatic rings. The molecule has 0 saturated carbocycles. The van der Waals surface area contributed by atoms with Gasteiger partial charge in [0.2, 0.25) is 11.9 Å². The number of nitrogens with zero attached hydrogens (tertiary/aromatic N) is 4. The van der Waals surface area contributed by atoms with Crippen LogP contribution in [0.1, 0.15) is 34.1 Å². The standard InChI is InChI=1S/C12H23N5O/c1-6-8-13-10-14-11(17(5)9(3)4)16-12(15-10)18-7-2/h9H,6-8H2,1-5H3,(H,13,14,15,16). The van der Waals surface area contributed by atoms with Gasteiger partial charge in [0.05, 0.1) is 6.61 Å². The van der Waals surface area contributed by atoms with Gasteiger partial charge in [0.1, 0.15) is 0 Å². The minimum absolute atomic E-state index is 0.320. The van der Waals surface area contributed by atoms with Crippen molar-refractivity contribution in [1.82, 2.24) is 15.0 Å². The number of anilines is 2. The fourth-order valence-electron chi connectivity index (χ4n) is 1.24. The van der Waals surface area contributed by atoms with E-state index >= 15 is 0 Å². The molecule has 0 aliphatic heterocycles. The normalized spacial score (nSPS) is 10.6. The van der Waals surface area contributed by atoms with Crippen LogP contribution in [0.4, 0.5) is 11.9 Å². The molecule has 1 aromatic heterocycles. The molecule has 0 spiro atoms. The van der Waals surface area contributed by atoms with Crippen LogP contribution in [0.15, 0.2) is 0 Å². The summed E-state index contributed by atoms with van der Waals surface area (Å²) in [6.07, 6.45) is 1.02. The molecule has 1 rings (SSSR count). The van der Waals surface area contributed by atoms with E-state index < -0.39 is 0 Å². The van der Waals surface area contributed by atoms with Gasteiger partial charge < -0.3 is 15.0 Å². The van der Waals surface area contributed by atoms with Gasteiger partial charge in [0.15, 0.2) is 0 Å². The highest BCUT2D eigenvalue weighted by Gasteiger charge is 2.12. The van der Waals surface area contributed by atoms with E-state index in [1.165, 1.54) is 0 Å². The second-order valence-corrected chi connectivity index (χ2v) is 4.31. The third-order valence-electron chi connectivity index (χ3n) is 2.50. The minimum atomic E-state index is 0.320. The van der Waals surface area contributed by atoms with Crippen LogP contribution >= 0.6 is 0 Å². The van der Waals surface area contributed by atoms with Crippen LogP contribution in [0, 0.1) is 0 Å². The van der Waals surface area contributed by atoms with Crippen molar-refractivity contribution in [1.29, 1.82) is 0 Å². The lowest BCUT2D eigenvalue weighted by Gasteiger charge is -2.21. The zero-order valence-electron chi connectivity index (χ0n) is 11.9. The van der Waals surface area contributed by atoms with Gasteiger partial charge >= 0.3 is 6.01 Å². The Morgan fingerprint density at radius 3 is 2.50 bits per heavy atom. The van der Waals surface area contributed by atoms with Gasteiger partial charge in [-0.25, -0.2) is 0 Å². The monoisotopic (exact) mass is 253 g/mol. The molecule has 0 bridgehead atoms. The summed E-state index contributed by atoms with van der Waals surface area (Å²) in [6, 6.07) is 0.689. The molecule has 1 aromatic rings. The maximum atomic E-state index is 5.37. The zero-order chi connectivity index (χ0) is 13.5. The molecule has 0 amide bonds. The minimum Gasteiger partial charge on any atom is -0.464 e. The van der Waals surface area contributed by atoms with E-state index in [1.54, 1.807) is 0 Å². The van der Waals surface area contributed by atoms with Crippen molar-refractivity contribution in [3.8, 4) is 6.01 Å². The van der Waals surface area contributed by atoms with Crippen LogP contribution in [0.5, 0.6) is 6.01 Å². The first-order valence-electron chi connectivity index (χ1n) is 6.44. The van der Waals surface area contributed by atoms with Crippen molar-refractivity contribution >= 4 is 11.9 Å². The Balaban J connectivity index is 2.97. The molecule has 0 unspecified atom stereocenters. The van der Waals surface area contributed by atoms with E-state index in [4.69, 9.17) is 4.74 Å². The smallest absolute Gasteiger partial charge is 0.323 e. The first-order chi connectivity index (χ1) is 8.58. The number of aromatic nitrogens is 3. The summed E-state index contributed by atoms with van der Waals surface area (Å²) in [5.41, 5.74) is 0. The summed E-state index contributed by atoms with van der Waals surface area (Å²) < 4.78 is 5.37. The molecule has 102 valence electrons. The second-order valence-electron chi connectivity index (χ2n) is 4.31. The summed E-state index contributed by atoms with van der Waals surface area (Å²) in [5.74, 6) is 1.19. The van der Waals surface area contributed by atoms with Crippen molar-refractivity contribution in [2.24, 2.45) is 0 Å². The fourth-order valence-corrected chi connectivity index (χ4v) is 1.24. The van der Waals surface area contributed by atoms with Crippen molar-refractivity contribution in [3.63, 3.8) is 0 Å². The summed E-state index contributed by atoms with van der Waals surface area (Å²) >= 11 is 0. The highest BCUT2D eigenvalue weighted by molar-refractivity contribution is 5.38. The van der Waals surface area contributed by atoms with E-state index in [-0.39, 0.29) is 0 Å². The number of ether oxygens (including phenoxy) is 1.